The maximum Gasteiger partial charge on any atom is 0.261 e. The van der Waals surface area contributed by atoms with E-state index in [4.69, 9.17) is 0 Å². The van der Waals surface area contributed by atoms with Gasteiger partial charge in [-0.15, -0.1) is 0 Å². The summed E-state index contributed by atoms with van der Waals surface area (Å²) in [6.07, 6.45) is 0.835. The average molecular weight is 448 g/mol. The van der Waals surface area contributed by atoms with E-state index in [9.17, 15) is 22.0 Å². The molecule has 0 saturated carbocycles. The fraction of sp³-hybridized carbons (Fsp3) is 0.238. The zero-order valence-electron chi connectivity index (χ0n) is 17.2. The standard InChI is InChI=1S/C21H22F2N4O3S/c1-13-18(14(2)27(3)25-13)9-11-21(28)24-15-4-6-16(7-5-15)26-31(29,30)17-8-10-19(22)20(23)12-17/h4-8,10,12,26H,9,11H2,1-3H3,(H,24,28). The van der Waals surface area contributed by atoms with Crippen LogP contribution in [0.2, 0.25) is 0 Å². The van der Waals surface area contributed by atoms with Gasteiger partial charge in [-0.25, -0.2) is 17.2 Å². The van der Waals surface area contributed by atoms with Crippen LogP contribution < -0.4 is 10.0 Å². The van der Waals surface area contributed by atoms with Gasteiger partial charge in [-0.3, -0.25) is 14.2 Å². The van der Waals surface area contributed by atoms with Crippen LogP contribution in [0, 0.1) is 25.5 Å². The molecule has 2 aromatic carbocycles. The highest BCUT2D eigenvalue weighted by Crippen LogP contribution is 2.20. The van der Waals surface area contributed by atoms with Gasteiger partial charge in [0.1, 0.15) is 0 Å². The first-order valence-electron chi connectivity index (χ1n) is 9.43. The molecule has 3 aromatic rings. The minimum Gasteiger partial charge on any atom is -0.326 e. The third kappa shape index (κ3) is 5.26. The summed E-state index contributed by atoms with van der Waals surface area (Å²) in [4.78, 5) is 11.9. The summed E-state index contributed by atoms with van der Waals surface area (Å²) in [5.41, 5.74) is 3.66. The van der Waals surface area contributed by atoms with Gasteiger partial charge in [-0.05, 0) is 68.3 Å². The van der Waals surface area contributed by atoms with Crippen molar-refractivity contribution in [3.05, 3.63) is 71.1 Å². The molecule has 0 saturated heterocycles. The second kappa shape index (κ2) is 8.84. The number of halogens is 2. The van der Waals surface area contributed by atoms with Crippen molar-refractivity contribution in [2.24, 2.45) is 7.05 Å². The molecular weight excluding hydrogens is 426 g/mol. The molecule has 0 unspecified atom stereocenters. The highest BCUT2D eigenvalue weighted by atomic mass is 32.2. The van der Waals surface area contributed by atoms with E-state index in [0.717, 1.165) is 29.1 Å². The van der Waals surface area contributed by atoms with Crippen LogP contribution in [-0.4, -0.2) is 24.1 Å². The number of anilines is 2. The number of rotatable bonds is 7. The maximum absolute atomic E-state index is 13.3. The van der Waals surface area contributed by atoms with Gasteiger partial charge in [0.25, 0.3) is 10.0 Å². The Morgan fingerprint density at radius 2 is 1.68 bits per heavy atom. The van der Waals surface area contributed by atoms with E-state index < -0.39 is 26.6 Å². The normalized spacial score (nSPS) is 11.4. The predicted molar refractivity (Wildman–Crippen MR) is 113 cm³/mol. The van der Waals surface area contributed by atoms with Gasteiger partial charge >= 0.3 is 0 Å². The predicted octanol–water partition coefficient (Wildman–Crippen LogP) is 3.69. The monoisotopic (exact) mass is 448 g/mol. The Morgan fingerprint density at radius 3 is 2.26 bits per heavy atom. The van der Waals surface area contributed by atoms with Gasteiger partial charge in [0.15, 0.2) is 11.6 Å². The number of benzene rings is 2. The van der Waals surface area contributed by atoms with Crippen molar-refractivity contribution >= 4 is 27.3 Å². The lowest BCUT2D eigenvalue weighted by molar-refractivity contribution is -0.116. The first-order chi connectivity index (χ1) is 14.6. The van der Waals surface area contributed by atoms with Gasteiger partial charge < -0.3 is 5.32 Å². The van der Waals surface area contributed by atoms with Crippen molar-refractivity contribution < 1.29 is 22.0 Å². The van der Waals surface area contributed by atoms with Crippen LogP contribution in [-0.2, 0) is 28.3 Å². The fourth-order valence-electron chi connectivity index (χ4n) is 3.12. The Bertz CT molecular complexity index is 1220. The van der Waals surface area contributed by atoms with E-state index in [2.05, 4.69) is 15.1 Å². The molecule has 0 radical (unpaired) electrons. The molecule has 0 bridgehead atoms. The number of aryl methyl sites for hydroxylation is 2. The Morgan fingerprint density at radius 1 is 1.03 bits per heavy atom. The molecular formula is C21H22F2N4O3S. The van der Waals surface area contributed by atoms with Gasteiger partial charge in [0.2, 0.25) is 5.91 Å². The molecule has 0 spiro atoms. The molecule has 31 heavy (non-hydrogen) atoms. The molecule has 1 amide bonds. The Balaban J connectivity index is 1.60. The summed E-state index contributed by atoms with van der Waals surface area (Å²) in [6.45, 7) is 3.85. The van der Waals surface area contributed by atoms with Crippen LogP contribution in [0.4, 0.5) is 20.2 Å². The molecule has 2 N–H and O–H groups in total. The Kier molecular flexibility index (Phi) is 6.40. The molecule has 0 aliphatic rings. The van der Waals surface area contributed by atoms with E-state index in [1.807, 2.05) is 20.9 Å². The van der Waals surface area contributed by atoms with Crippen LogP contribution in [0.5, 0.6) is 0 Å². The van der Waals surface area contributed by atoms with Gasteiger partial charge in [0.05, 0.1) is 10.6 Å². The smallest absolute Gasteiger partial charge is 0.261 e. The van der Waals surface area contributed by atoms with Crippen LogP contribution in [0.15, 0.2) is 47.4 Å². The Hall–Kier alpha value is -3.27. The third-order valence-electron chi connectivity index (χ3n) is 4.88. The van der Waals surface area contributed by atoms with E-state index in [1.165, 1.54) is 12.1 Å². The number of carbonyl (C=O) groups is 1. The number of hydrogen-bond donors (Lipinski definition) is 2. The molecule has 10 heteroatoms. The van der Waals surface area contributed by atoms with Crippen molar-refractivity contribution in [3.63, 3.8) is 0 Å². The lowest BCUT2D eigenvalue weighted by atomic mass is 10.1. The summed E-state index contributed by atoms with van der Waals surface area (Å²) in [6, 6.07) is 8.34. The number of sulfonamides is 1. The summed E-state index contributed by atoms with van der Waals surface area (Å²) in [5, 5.41) is 7.09. The minimum absolute atomic E-state index is 0.183. The second-order valence-corrected chi connectivity index (χ2v) is 8.76. The highest BCUT2D eigenvalue weighted by Gasteiger charge is 2.17. The van der Waals surface area contributed by atoms with E-state index in [1.54, 1.807) is 16.8 Å². The van der Waals surface area contributed by atoms with E-state index in [-0.39, 0.29) is 18.0 Å². The van der Waals surface area contributed by atoms with E-state index in [0.29, 0.717) is 18.2 Å². The number of carbonyl (C=O) groups excluding carboxylic acids is 1. The fourth-order valence-corrected chi connectivity index (χ4v) is 4.19. The van der Waals surface area contributed by atoms with E-state index >= 15 is 0 Å². The topological polar surface area (TPSA) is 93.1 Å². The summed E-state index contributed by atoms with van der Waals surface area (Å²) in [7, 11) is -2.23. The zero-order chi connectivity index (χ0) is 22.8. The zero-order valence-corrected chi connectivity index (χ0v) is 18.1. The number of nitrogens with zero attached hydrogens (tertiary/aromatic N) is 2. The van der Waals surface area contributed by atoms with Crippen LogP contribution >= 0.6 is 0 Å². The van der Waals surface area contributed by atoms with Gasteiger partial charge in [-0.2, -0.15) is 5.10 Å². The summed E-state index contributed by atoms with van der Waals surface area (Å²) >= 11 is 0. The lowest BCUT2D eigenvalue weighted by Gasteiger charge is -2.10. The van der Waals surface area contributed by atoms with Crippen molar-refractivity contribution in [3.8, 4) is 0 Å². The molecule has 7 nitrogen and oxygen atoms in total. The SMILES string of the molecule is Cc1nn(C)c(C)c1CCC(=O)Nc1ccc(NS(=O)(=O)c2ccc(F)c(F)c2)cc1. The molecule has 0 aliphatic carbocycles. The first kappa shape index (κ1) is 22.4. The number of amides is 1. The summed E-state index contributed by atoms with van der Waals surface area (Å²) in [5.74, 6) is -2.57. The molecule has 164 valence electrons. The van der Waals surface area contributed by atoms with Crippen molar-refractivity contribution in [2.75, 3.05) is 10.0 Å². The number of hydrogen-bond acceptors (Lipinski definition) is 4. The van der Waals surface area contributed by atoms with Gasteiger partial charge in [0, 0.05) is 30.5 Å². The Labute approximate surface area is 179 Å². The van der Waals surface area contributed by atoms with Crippen molar-refractivity contribution in [1.29, 1.82) is 0 Å². The number of nitrogens with one attached hydrogen (secondary N) is 2. The van der Waals surface area contributed by atoms with Crippen molar-refractivity contribution in [1.82, 2.24) is 9.78 Å². The second-order valence-electron chi connectivity index (χ2n) is 7.08. The molecule has 1 heterocycles. The molecule has 0 aliphatic heterocycles. The van der Waals surface area contributed by atoms with Crippen molar-refractivity contribution in [2.45, 2.75) is 31.6 Å². The number of aromatic nitrogens is 2. The quantitative estimate of drug-likeness (QED) is 0.577. The maximum atomic E-state index is 13.3. The van der Waals surface area contributed by atoms with Crippen LogP contribution in [0.3, 0.4) is 0 Å². The van der Waals surface area contributed by atoms with Crippen LogP contribution in [0.1, 0.15) is 23.4 Å². The highest BCUT2D eigenvalue weighted by molar-refractivity contribution is 7.92. The van der Waals surface area contributed by atoms with Crippen LogP contribution in [0.25, 0.3) is 0 Å². The molecule has 0 fully saturated rings. The van der Waals surface area contributed by atoms with Gasteiger partial charge in [-0.1, -0.05) is 0 Å². The minimum atomic E-state index is -4.09. The lowest BCUT2D eigenvalue weighted by Crippen LogP contribution is -2.14. The first-order valence-corrected chi connectivity index (χ1v) is 10.9. The third-order valence-corrected chi connectivity index (χ3v) is 6.26. The molecule has 3 rings (SSSR count). The average Bonchev–Trinajstić information content (AvgIpc) is 2.95. The molecule has 1 aromatic heterocycles. The molecule has 0 atom stereocenters. The summed E-state index contributed by atoms with van der Waals surface area (Å²) < 4.78 is 55.1. The largest absolute Gasteiger partial charge is 0.326 e.